The van der Waals surface area contributed by atoms with Gasteiger partial charge < -0.3 is 13.9 Å². The fourth-order valence-corrected chi connectivity index (χ4v) is 1.13. The van der Waals surface area contributed by atoms with Crippen molar-refractivity contribution in [3.05, 3.63) is 61.6 Å². The number of fused-ring (bicyclic) bond motifs is 1. The van der Waals surface area contributed by atoms with Gasteiger partial charge in [-0.3, -0.25) is 0 Å². The monoisotopic (exact) mass is 202 g/mol. The Morgan fingerprint density at radius 1 is 0.733 bits per heavy atom. The minimum Gasteiger partial charge on any atom is -0.466 e. The van der Waals surface area contributed by atoms with Crippen LogP contribution in [0.3, 0.4) is 0 Å². The van der Waals surface area contributed by atoms with Crippen molar-refractivity contribution in [2.45, 2.75) is 0 Å². The number of hydrogen-bond donors (Lipinski definition) is 0. The largest absolute Gasteiger partial charge is 0.466 e. The van der Waals surface area contributed by atoms with Crippen LogP contribution >= 0.6 is 0 Å². The molecule has 0 amide bonds. The van der Waals surface area contributed by atoms with E-state index in [1.54, 1.807) is 6.26 Å². The molecule has 15 heavy (non-hydrogen) atoms. The second-order valence-electron chi connectivity index (χ2n) is 2.77. The number of benzene rings is 1. The molecule has 1 aromatic heterocycles. The van der Waals surface area contributed by atoms with Crippen LogP contribution in [0.15, 0.2) is 66.1 Å². The first-order chi connectivity index (χ1) is 7.47. The summed E-state index contributed by atoms with van der Waals surface area (Å²) in [5, 5.41) is 1.16. The molecule has 3 nitrogen and oxygen atoms in total. The summed E-state index contributed by atoms with van der Waals surface area (Å²) in [6, 6.07) is 9.90. The second-order valence-corrected chi connectivity index (χ2v) is 2.77. The molecule has 0 saturated heterocycles. The third-order valence-corrected chi connectivity index (χ3v) is 1.79. The summed E-state index contributed by atoms with van der Waals surface area (Å²) < 4.78 is 14.3. The van der Waals surface area contributed by atoms with Gasteiger partial charge in [-0.1, -0.05) is 18.2 Å². The third kappa shape index (κ3) is 2.64. The van der Waals surface area contributed by atoms with E-state index in [-0.39, 0.29) is 0 Å². The Kier molecular flexibility index (Phi) is 3.07. The first-order valence-corrected chi connectivity index (χ1v) is 4.50. The highest BCUT2D eigenvalue weighted by atomic mass is 16.5. The maximum atomic E-state index is 5.12. The maximum Gasteiger partial charge on any atom is 0.133 e. The summed E-state index contributed by atoms with van der Waals surface area (Å²) in [4.78, 5) is 0. The van der Waals surface area contributed by atoms with E-state index in [0.717, 1.165) is 11.0 Å². The van der Waals surface area contributed by atoms with Crippen molar-refractivity contribution in [1.29, 1.82) is 0 Å². The molecule has 0 spiro atoms. The lowest BCUT2D eigenvalue weighted by Crippen LogP contribution is -1.74. The number of furan rings is 1. The Bertz CT molecular complexity index is 418. The van der Waals surface area contributed by atoms with Crippen molar-refractivity contribution in [2.75, 3.05) is 0 Å². The quantitative estimate of drug-likeness (QED) is 0.656. The molecule has 0 N–H and O–H groups in total. The predicted molar refractivity (Wildman–Crippen MR) is 56.7 cm³/mol. The number of hydrogen-bond acceptors (Lipinski definition) is 3. The van der Waals surface area contributed by atoms with Crippen LogP contribution in [0.2, 0.25) is 0 Å². The van der Waals surface area contributed by atoms with Crippen molar-refractivity contribution in [1.82, 2.24) is 0 Å². The third-order valence-electron chi connectivity index (χ3n) is 1.79. The average Bonchev–Trinajstić information content (AvgIpc) is 2.80. The van der Waals surface area contributed by atoms with Crippen molar-refractivity contribution in [2.24, 2.45) is 0 Å². The van der Waals surface area contributed by atoms with Gasteiger partial charge in [0.15, 0.2) is 0 Å². The van der Waals surface area contributed by atoms with E-state index < -0.39 is 0 Å². The normalized spacial score (nSPS) is 12.5. The van der Waals surface area contributed by atoms with Crippen LogP contribution in [0.1, 0.15) is 0 Å². The van der Waals surface area contributed by atoms with Crippen LogP contribution in [0, 0.1) is 0 Å². The van der Waals surface area contributed by atoms with Crippen LogP contribution in [-0.2, 0) is 9.47 Å². The molecule has 76 valence electrons. The SMILES string of the molecule is C1=COC=CO1.c1ccc2occc2c1. The van der Waals surface area contributed by atoms with Crippen LogP contribution in [-0.4, -0.2) is 0 Å². The van der Waals surface area contributed by atoms with Gasteiger partial charge in [0.1, 0.15) is 30.6 Å². The Morgan fingerprint density at radius 2 is 1.40 bits per heavy atom. The minimum atomic E-state index is 0.956. The van der Waals surface area contributed by atoms with Crippen LogP contribution < -0.4 is 0 Å². The zero-order valence-electron chi connectivity index (χ0n) is 8.00. The van der Waals surface area contributed by atoms with E-state index in [9.17, 15) is 0 Å². The van der Waals surface area contributed by atoms with Gasteiger partial charge in [0.05, 0.1) is 6.26 Å². The molecular formula is C12H10O3. The predicted octanol–water partition coefficient (Wildman–Crippen LogP) is 3.41. The fraction of sp³-hybridized carbons (Fsp3) is 0. The van der Waals surface area contributed by atoms with Gasteiger partial charge in [-0.2, -0.15) is 0 Å². The van der Waals surface area contributed by atoms with Crippen molar-refractivity contribution < 1.29 is 13.9 Å². The fourth-order valence-electron chi connectivity index (χ4n) is 1.13. The summed E-state index contributed by atoms with van der Waals surface area (Å²) in [6.07, 6.45) is 7.53. The molecule has 3 heteroatoms. The van der Waals surface area contributed by atoms with Crippen molar-refractivity contribution in [3.8, 4) is 0 Å². The number of para-hydroxylation sites is 1. The van der Waals surface area contributed by atoms with E-state index in [1.807, 2.05) is 30.3 Å². The summed E-state index contributed by atoms with van der Waals surface area (Å²) in [5.41, 5.74) is 0.956. The van der Waals surface area contributed by atoms with Gasteiger partial charge in [0.2, 0.25) is 0 Å². The summed E-state index contributed by atoms with van der Waals surface area (Å²) in [5.74, 6) is 0. The summed E-state index contributed by atoms with van der Waals surface area (Å²) in [7, 11) is 0. The zero-order chi connectivity index (χ0) is 10.3. The molecular weight excluding hydrogens is 192 g/mol. The molecule has 1 aliphatic heterocycles. The van der Waals surface area contributed by atoms with E-state index in [2.05, 4.69) is 9.47 Å². The summed E-state index contributed by atoms with van der Waals surface area (Å²) >= 11 is 0. The highest BCUT2D eigenvalue weighted by molar-refractivity contribution is 5.76. The molecule has 0 bridgehead atoms. The summed E-state index contributed by atoms with van der Waals surface area (Å²) in [6.45, 7) is 0. The first kappa shape index (κ1) is 9.40. The zero-order valence-corrected chi connectivity index (χ0v) is 8.00. The molecule has 3 rings (SSSR count). The van der Waals surface area contributed by atoms with Crippen LogP contribution in [0.5, 0.6) is 0 Å². The smallest absolute Gasteiger partial charge is 0.133 e. The molecule has 0 saturated carbocycles. The maximum absolute atomic E-state index is 5.12. The lowest BCUT2D eigenvalue weighted by molar-refractivity contribution is 0.290. The molecule has 0 aliphatic carbocycles. The molecule has 0 unspecified atom stereocenters. The molecule has 1 aliphatic rings. The Balaban J connectivity index is 0.000000124. The Hall–Kier alpha value is -2.16. The molecule has 2 heterocycles. The Morgan fingerprint density at radius 3 is 2.00 bits per heavy atom. The van der Waals surface area contributed by atoms with E-state index >= 15 is 0 Å². The van der Waals surface area contributed by atoms with Crippen LogP contribution in [0.4, 0.5) is 0 Å². The lowest BCUT2D eigenvalue weighted by atomic mass is 10.3. The topological polar surface area (TPSA) is 31.6 Å². The lowest BCUT2D eigenvalue weighted by Gasteiger charge is -1.94. The molecule has 1 aromatic carbocycles. The molecule has 0 radical (unpaired) electrons. The van der Waals surface area contributed by atoms with Crippen molar-refractivity contribution >= 4 is 11.0 Å². The van der Waals surface area contributed by atoms with Gasteiger partial charge >= 0.3 is 0 Å². The van der Waals surface area contributed by atoms with Crippen molar-refractivity contribution in [3.63, 3.8) is 0 Å². The average molecular weight is 202 g/mol. The standard InChI is InChI=1S/C8H6O.C4H4O2/c1-2-4-8-7(3-1)5-6-9-8;1-2-6-4-3-5-1/h1-6H;1-4H. The van der Waals surface area contributed by atoms with Gasteiger partial charge in [0, 0.05) is 5.39 Å². The van der Waals surface area contributed by atoms with Gasteiger partial charge in [-0.05, 0) is 12.1 Å². The van der Waals surface area contributed by atoms with E-state index in [4.69, 9.17) is 4.42 Å². The first-order valence-electron chi connectivity index (χ1n) is 4.50. The van der Waals surface area contributed by atoms with Gasteiger partial charge in [0.25, 0.3) is 0 Å². The van der Waals surface area contributed by atoms with Gasteiger partial charge in [-0.25, -0.2) is 0 Å². The Labute approximate surface area is 87.2 Å². The highest BCUT2D eigenvalue weighted by Crippen LogP contribution is 2.12. The molecule has 0 fully saturated rings. The minimum absolute atomic E-state index is 0.956. The number of rotatable bonds is 0. The highest BCUT2D eigenvalue weighted by Gasteiger charge is 1.89. The molecule has 0 atom stereocenters. The van der Waals surface area contributed by atoms with E-state index in [0.29, 0.717) is 0 Å². The van der Waals surface area contributed by atoms with Crippen LogP contribution in [0.25, 0.3) is 11.0 Å². The van der Waals surface area contributed by atoms with Gasteiger partial charge in [-0.15, -0.1) is 0 Å². The molecule has 2 aromatic rings. The number of ether oxygens (including phenoxy) is 2. The second kappa shape index (κ2) is 4.91. The van der Waals surface area contributed by atoms with E-state index in [1.165, 1.54) is 25.0 Å².